The monoisotopic (exact) mass is 280 g/mol. The highest BCUT2D eigenvalue weighted by Crippen LogP contribution is 2.38. The molecule has 2 rings (SSSR count). The summed E-state index contributed by atoms with van der Waals surface area (Å²) in [6.07, 6.45) is 2.34. The molecule has 0 bridgehead atoms. The minimum absolute atomic E-state index is 0.158. The third-order valence-electron chi connectivity index (χ3n) is 2.90. The molecule has 2 N–H and O–H groups in total. The Kier molecular flexibility index (Phi) is 4.61. The molecule has 0 aliphatic carbocycles. The summed E-state index contributed by atoms with van der Waals surface area (Å²) in [5.74, 6) is -0.243. The van der Waals surface area contributed by atoms with Gasteiger partial charge in [0.2, 0.25) is 0 Å². The number of aryl methyl sites for hydroxylation is 1. The van der Waals surface area contributed by atoms with E-state index in [0.29, 0.717) is 10.8 Å². The van der Waals surface area contributed by atoms with Crippen LogP contribution in [0.15, 0.2) is 40.2 Å². The highest BCUT2D eigenvalue weighted by atomic mass is 32.2. The summed E-state index contributed by atoms with van der Waals surface area (Å²) in [5, 5.41) is 0.318. The maximum Gasteiger partial charge on any atom is 0.256 e. The molecule has 0 spiro atoms. The molecule has 2 aromatic rings. The van der Waals surface area contributed by atoms with Crippen molar-refractivity contribution in [3.63, 3.8) is 0 Å². The van der Waals surface area contributed by atoms with E-state index in [4.69, 9.17) is 10.2 Å². The van der Waals surface area contributed by atoms with Gasteiger partial charge in [-0.3, -0.25) is 0 Å². The van der Waals surface area contributed by atoms with Crippen molar-refractivity contribution in [3.05, 3.63) is 47.6 Å². The summed E-state index contributed by atoms with van der Waals surface area (Å²) in [6.45, 7) is 3.84. The van der Waals surface area contributed by atoms with Crippen molar-refractivity contribution < 1.29 is 8.81 Å². The van der Waals surface area contributed by atoms with Crippen LogP contribution in [0.4, 0.5) is 4.39 Å². The zero-order chi connectivity index (χ0) is 13.8. The molecule has 0 saturated carbocycles. The lowest BCUT2D eigenvalue weighted by Gasteiger charge is -2.21. The van der Waals surface area contributed by atoms with E-state index in [0.717, 1.165) is 12.1 Å². The largest absolute Gasteiger partial charge is 0.440 e. The number of nitrogens with two attached hydrogens (primary N) is 1. The topological polar surface area (TPSA) is 52.0 Å². The molecular weight excluding hydrogens is 263 g/mol. The predicted molar refractivity (Wildman–Crippen MR) is 74.5 cm³/mol. The Morgan fingerprint density at radius 1 is 1.42 bits per heavy atom. The fourth-order valence-corrected chi connectivity index (χ4v) is 3.00. The van der Waals surface area contributed by atoms with E-state index >= 15 is 0 Å². The number of aromatic nitrogens is 1. The summed E-state index contributed by atoms with van der Waals surface area (Å²) in [4.78, 5) is 4.24. The van der Waals surface area contributed by atoms with Gasteiger partial charge in [-0.2, -0.15) is 0 Å². The molecule has 102 valence electrons. The average Bonchev–Trinajstić information content (AvgIpc) is 2.82. The smallest absolute Gasteiger partial charge is 0.256 e. The molecule has 0 aliphatic rings. The number of hydrogen-bond acceptors (Lipinski definition) is 4. The van der Waals surface area contributed by atoms with Gasteiger partial charge in [-0.25, -0.2) is 9.37 Å². The van der Waals surface area contributed by atoms with Gasteiger partial charge in [0.25, 0.3) is 5.22 Å². The van der Waals surface area contributed by atoms with E-state index in [2.05, 4.69) is 4.98 Å². The van der Waals surface area contributed by atoms with Gasteiger partial charge in [0.05, 0.1) is 10.9 Å². The van der Waals surface area contributed by atoms with Gasteiger partial charge in [0, 0.05) is 11.6 Å². The summed E-state index contributed by atoms with van der Waals surface area (Å²) in [5.41, 5.74) is 7.52. The number of rotatable bonds is 5. The minimum Gasteiger partial charge on any atom is -0.440 e. The Labute approximate surface area is 116 Å². The van der Waals surface area contributed by atoms with Crippen molar-refractivity contribution in [3.8, 4) is 0 Å². The van der Waals surface area contributed by atoms with Gasteiger partial charge < -0.3 is 10.2 Å². The first-order chi connectivity index (χ1) is 9.11. The van der Waals surface area contributed by atoms with Crippen LogP contribution in [0.1, 0.15) is 29.9 Å². The van der Waals surface area contributed by atoms with Crippen LogP contribution < -0.4 is 5.73 Å². The summed E-state index contributed by atoms with van der Waals surface area (Å²) in [6, 6.07) is 6.54. The molecule has 0 saturated heterocycles. The van der Waals surface area contributed by atoms with Crippen molar-refractivity contribution in [1.82, 2.24) is 4.98 Å². The molecular formula is C14H17FN2OS. The van der Waals surface area contributed by atoms with E-state index in [1.54, 1.807) is 18.4 Å². The lowest BCUT2D eigenvalue weighted by atomic mass is 10.0. The molecule has 19 heavy (non-hydrogen) atoms. The van der Waals surface area contributed by atoms with Crippen LogP contribution in [-0.2, 0) is 0 Å². The Morgan fingerprint density at radius 2 is 2.16 bits per heavy atom. The van der Waals surface area contributed by atoms with Gasteiger partial charge >= 0.3 is 0 Å². The first-order valence-electron chi connectivity index (χ1n) is 6.20. The highest BCUT2D eigenvalue weighted by molar-refractivity contribution is 7.99. The fourth-order valence-electron chi connectivity index (χ4n) is 1.80. The third kappa shape index (κ3) is 3.36. The second-order valence-electron chi connectivity index (χ2n) is 4.39. The maximum atomic E-state index is 13.9. The normalized spacial score (nSPS) is 14.3. The molecule has 5 heteroatoms. The second kappa shape index (κ2) is 6.21. The number of thioether (sulfide) groups is 1. The number of nitrogens with zero attached hydrogens (tertiary/aromatic N) is 1. The van der Waals surface area contributed by atoms with Crippen LogP contribution >= 0.6 is 11.8 Å². The van der Waals surface area contributed by atoms with E-state index in [9.17, 15) is 4.39 Å². The minimum atomic E-state index is -0.243. The number of halogens is 1. The Balaban J connectivity index is 2.29. The number of oxazole rings is 1. The molecule has 0 fully saturated rings. The Hall–Kier alpha value is -1.33. The summed E-state index contributed by atoms with van der Waals surface area (Å²) >= 11 is 1.37. The molecule has 1 aromatic heterocycles. The third-order valence-corrected chi connectivity index (χ3v) is 4.14. The SMILES string of the molecule is CCC(N)C(Sc1nc(C)co1)c1ccccc1F. The van der Waals surface area contributed by atoms with Crippen LogP contribution in [0.3, 0.4) is 0 Å². The quantitative estimate of drug-likeness (QED) is 0.849. The first kappa shape index (κ1) is 14.1. The van der Waals surface area contributed by atoms with Crippen LogP contribution in [0.25, 0.3) is 0 Å². The Morgan fingerprint density at radius 3 is 2.74 bits per heavy atom. The van der Waals surface area contributed by atoms with Crippen LogP contribution in [0.5, 0.6) is 0 Å². The predicted octanol–water partition coefficient (Wildman–Crippen LogP) is 3.69. The summed E-state index contributed by atoms with van der Waals surface area (Å²) < 4.78 is 19.2. The van der Waals surface area contributed by atoms with Crippen LogP contribution in [-0.4, -0.2) is 11.0 Å². The molecule has 2 unspecified atom stereocenters. The number of hydrogen-bond donors (Lipinski definition) is 1. The molecule has 0 amide bonds. The summed E-state index contributed by atoms with van der Waals surface area (Å²) in [7, 11) is 0. The highest BCUT2D eigenvalue weighted by Gasteiger charge is 2.24. The van der Waals surface area contributed by atoms with Crippen LogP contribution in [0.2, 0.25) is 0 Å². The van der Waals surface area contributed by atoms with Gasteiger partial charge in [-0.1, -0.05) is 36.9 Å². The van der Waals surface area contributed by atoms with Gasteiger partial charge in [0.15, 0.2) is 0 Å². The molecule has 0 radical (unpaired) electrons. The van der Waals surface area contributed by atoms with Crippen molar-refractivity contribution in [2.45, 2.75) is 36.8 Å². The zero-order valence-corrected chi connectivity index (χ0v) is 11.8. The molecule has 1 heterocycles. The zero-order valence-electron chi connectivity index (χ0n) is 11.0. The van der Waals surface area contributed by atoms with E-state index < -0.39 is 0 Å². The van der Waals surface area contributed by atoms with Crippen molar-refractivity contribution in [1.29, 1.82) is 0 Å². The van der Waals surface area contributed by atoms with Crippen LogP contribution in [0, 0.1) is 12.7 Å². The Bertz CT molecular complexity index is 544. The lowest BCUT2D eigenvalue weighted by molar-refractivity contribution is 0.451. The van der Waals surface area contributed by atoms with Gasteiger partial charge in [0.1, 0.15) is 12.1 Å². The van der Waals surface area contributed by atoms with E-state index in [1.165, 1.54) is 17.8 Å². The van der Waals surface area contributed by atoms with Crippen molar-refractivity contribution in [2.24, 2.45) is 5.73 Å². The number of benzene rings is 1. The molecule has 1 aromatic carbocycles. The maximum absolute atomic E-state index is 13.9. The standard InChI is InChI=1S/C14H17FN2OS/c1-3-12(16)13(10-6-4-5-7-11(10)15)19-14-17-9(2)8-18-14/h4-8,12-13H,3,16H2,1-2H3. The average molecular weight is 280 g/mol. The van der Waals surface area contributed by atoms with E-state index in [-0.39, 0.29) is 17.1 Å². The molecule has 2 atom stereocenters. The van der Waals surface area contributed by atoms with Gasteiger partial charge in [-0.15, -0.1) is 0 Å². The van der Waals surface area contributed by atoms with Gasteiger partial charge in [-0.05, 0) is 19.4 Å². The molecule has 3 nitrogen and oxygen atoms in total. The fraction of sp³-hybridized carbons (Fsp3) is 0.357. The second-order valence-corrected chi connectivity index (χ2v) is 5.48. The molecule has 0 aliphatic heterocycles. The van der Waals surface area contributed by atoms with E-state index in [1.807, 2.05) is 19.9 Å². The van der Waals surface area contributed by atoms with Crippen molar-refractivity contribution in [2.75, 3.05) is 0 Å². The lowest BCUT2D eigenvalue weighted by Crippen LogP contribution is -2.26. The first-order valence-corrected chi connectivity index (χ1v) is 7.08. The van der Waals surface area contributed by atoms with Crippen molar-refractivity contribution >= 4 is 11.8 Å².